The van der Waals surface area contributed by atoms with Gasteiger partial charge in [-0.1, -0.05) is 6.07 Å². The first-order chi connectivity index (χ1) is 11.3. The lowest BCUT2D eigenvalue weighted by Gasteiger charge is -2.31. The Bertz CT molecular complexity index is 650. The van der Waals surface area contributed by atoms with Crippen molar-refractivity contribution < 1.29 is 13.2 Å². The summed E-state index contributed by atoms with van der Waals surface area (Å²) in [6, 6.07) is 3.72. The second-order valence-corrected chi connectivity index (χ2v) is 8.57. The normalized spacial score (nSPS) is 17.3. The Balaban J connectivity index is 1.91. The maximum absolute atomic E-state index is 12.6. The Kier molecular flexibility index (Phi) is 6.80. The molecule has 0 bridgehead atoms. The quantitative estimate of drug-likeness (QED) is 0.816. The molecule has 1 aliphatic heterocycles. The maximum Gasteiger partial charge on any atom is 0.240 e. The number of ether oxygens (including phenoxy) is 1. The van der Waals surface area contributed by atoms with Crippen LogP contribution in [0.5, 0.6) is 0 Å². The average molecular weight is 355 g/mol. The molecule has 1 fully saturated rings. The van der Waals surface area contributed by atoms with Gasteiger partial charge in [-0.05, 0) is 75.4 Å². The zero-order chi connectivity index (χ0) is 17.7. The van der Waals surface area contributed by atoms with E-state index in [1.54, 1.807) is 13.2 Å². The van der Waals surface area contributed by atoms with Crippen LogP contribution in [0.4, 0.5) is 0 Å². The maximum atomic E-state index is 12.6. The van der Waals surface area contributed by atoms with E-state index in [2.05, 4.69) is 9.62 Å². The van der Waals surface area contributed by atoms with Gasteiger partial charge >= 0.3 is 0 Å². The summed E-state index contributed by atoms with van der Waals surface area (Å²) in [4.78, 5) is 2.78. The lowest BCUT2D eigenvalue weighted by molar-refractivity contribution is 0.121. The van der Waals surface area contributed by atoms with Gasteiger partial charge in [-0.25, -0.2) is 13.1 Å². The molecule has 0 unspecified atom stereocenters. The van der Waals surface area contributed by atoms with Crippen molar-refractivity contribution in [3.05, 3.63) is 28.8 Å². The Labute approximate surface area is 146 Å². The number of hydrogen-bond acceptors (Lipinski definition) is 4. The predicted molar refractivity (Wildman–Crippen MR) is 96.9 cm³/mol. The summed E-state index contributed by atoms with van der Waals surface area (Å²) in [5.41, 5.74) is 2.93. The van der Waals surface area contributed by atoms with Gasteiger partial charge in [0.2, 0.25) is 10.0 Å². The van der Waals surface area contributed by atoms with Gasteiger partial charge in [0.15, 0.2) is 0 Å². The van der Waals surface area contributed by atoms with Crippen LogP contribution in [0, 0.1) is 26.7 Å². The van der Waals surface area contributed by atoms with E-state index in [-0.39, 0.29) is 0 Å². The van der Waals surface area contributed by atoms with Crippen LogP contribution in [0.15, 0.2) is 17.0 Å². The number of piperidine rings is 1. The molecule has 1 aromatic carbocycles. The molecule has 0 radical (unpaired) electrons. The number of nitrogens with zero attached hydrogens (tertiary/aromatic N) is 1. The molecule has 0 saturated carbocycles. The van der Waals surface area contributed by atoms with Crippen molar-refractivity contribution in [2.24, 2.45) is 5.92 Å². The molecule has 24 heavy (non-hydrogen) atoms. The fourth-order valence-corrected chi connectivity index (χ4v) is 4.59. The van der Waals surface area contributed by atoms with Crippen LogP contribution in [0.3, 0.4) is 0 Å². The zero-order valence-electron chi connectivity index (χ0n) is 15.3. The molecule has 1 saturated heterocycles. The highest BCUT2D eigenvalue weighted by Crippen LogP contribution is 2.21. The third-order valence-electron chi connectivity index (χ3n) is 4.96. The van der Waals surface area contributed by atoms with E-state index in [9.17, 15) is 8.42 Å². The first-order valence-electron chi connectivity index (χ1n) is 8.62. The fraction of sp³-hybridized carbons (Fsp3) is 0.667. The lowest BCUT2D eigenvalue weighted by atomic mass is 9.97. The van der Waals surface area contributed by atoms with Crippen LogP contribution in [-0.4, -0.2) is 53.2 Å². The van der Waals surface area contributed by atoms with Gasteiger partial charge in [-0.15, -0.1) is 0 Å². The summed E-state index contributed by atoms with van der Waals surface area (Å²) < 4.78 is 33.2. The minimum Gasteiger partial charge on any atom is -0.383 e. The van der Waals surface area contributed by atoms with Crippen molar-refractivity contribution >= 4 is 10.0 Å². The summed E-state index contributed by atoms with van der Waals surface area (Å²) in [6.07, 6.45) is 2.05. The van der Waals surface area contributed by atoms with Crippen molar-refractivity contribution in [1.29, 1.82) is 0 Å². The SMILES string of the molecule is COCCN1CCC(CNS(=O)(=O)c2cc(C)c(C)cc2C)CC1. The Morgan fingerprint density at radius 1 is 1.12 bits per heavy atom. The largest absolute Gasteiger partial charge is 0.383 e. The number of methoxy groups -OCH3 is 1. The van der Waals surface area contributed by atoms with Crippen molar-refractivity contribution in [1.82, 2.24) is 9.62 Å². The highest BCUT2D eigenvalue weighted by atomic mass is 32.2. The summed E-state index contributed by atoms with van der Waals surface area (Å²) in [6.45, 7) is 10.1. The summed E-state index contributed by atoms with van der Waals surface area (Å²) in [5, 5.41) is 0. The van der Waals surface area contributed by atoms with Crippen LogP contribution in [0.25, 0.3) is 0 Å². The number of hydrogen-bond donors (Lipinski definition) is 1. The highest BCUT2D eigenvalue weighted by molar-refractivity contribution is 7.89. The fourth-order valence-electron chi connectivity index (χ4n) is 3.16. The Morgan fingerprint density at radius 3 is 2.38 bits per heavy atom. The van der Waals surface area contributed by atoms with Gasteiger partial charge in [0.05, 0.1) is 11.5 Å². The van der Waals surface area contributed by atoms with Crippen LogP contribution in [-0.2, 0) is 14.8 Å². The Morgan fingerprint density at radius 2 is 1.75 bits per heavy atom. The number of aryl methyl sites for hydroxylation is 3. The van der Waals surface area contributed by atoms with E-state index < -0.39 is 10.0 Å². The van der Waals surface area contributed by atoms with Gasteiger partial charge in [-0.3, -0.25) is 0 Å². The van der Waals surface area contributed by atoms with Crippen LogP contribution in [0.2, 0.25) is 0 Å². The third kappa shape index (κ3) is 5.02. The van der Waals surface area contributed by atoms with E-state index >= 15 is 0 Å². The molecular formula is C18H30N2O3S. The van der Waals surface area contributed by atoms with Crippen molar-refractivity contribution in [3.8, 4) is 0 Å². The highest BCUT2D eigenvalue weighted by Gasteiger charge is 2.23. The number of nitrogens with one attached hydrogen (secondary N) is 1. The van der Waals surface area contributed by atoms with Crippen LogP contribution < -0.4 is 4.72 Å². The minimum absolute atomic E-state index is 0.406. The van der Waals surface area contributed by atoms with Gasteiger partial charge in [0.1, 0.15) is 0 Å². The first-order valence-corrected chi connectivity index (χ1v) is 10.1. The molecule has 1 heterocycles. The monoisotopic (exact) mass is 354 g/mol. The lowest BCUT2D eigenvalue weighted by Crippen LogP contribution is -2.39. The first kappa shape index (κ1) is 19.4. The average Bonchev–Trinajstić information content (AvgIpc) is 2.55. The van der Waals surface area contributed by atoms with Crippen LogP contribution >= 0.6 is 0 Å². The molecule has 136 valence electrons. The van der Waals surface area contributed by atoms with Gasteiger partial charge in [-0.2, -0.15) is 0 Å². The topological polar surface area (TPSA) is 58.6 Å². The minimum atomic E-state index is -3.44. The second kappa shape index (κ2) is 8.43. The number of sulfonamides is 1. The van der Waals surface area contributed by atoms with Crippen molar-refractivity contribution in [2.75, 3.05) is 39.9 Å². The van der Waals surface area contributed by atoms with E-state index in [1.165, 1.54) is 0 Å². The van der Waals surface area contributed by atoms with Crippen LogP contribution in [0.1, 0.15) is 29.5 Å². The standard InChI is InChI=1S/C18H30N2O3S/c1-14-11-16(3)18(12-15(14)2)24(21,22)19-13-17-5-7-20(8-6-17)9-10-23-4/h11-12,17,19H,5-10,13H2,1-4H3. The Hall–Kier alpha value is -0.950. The third-order valence-corrected chi connectivity index (χ3v) is 6.53. The molecule has 0 atom stereocenters. The molecule has 1 N–H and O–H groups in total. The molecule has 0 amide bonds. The molecule has 2 rings (SSSR count). The van der Waals surface area contributed by atoms with Gasteiger partial charge < -0.3 is 9.64 Å². The zero-order valence-corrected chi connectivity index (χ0v) is 16.1. The van der Waals surface area contributed by atoms with Crippen molar-refractivity contribution in [3.63, 3.8) is 0 Å². The van der Waals surface area contributed by atoms with E-state index in [0.717, 1.165) is 55.8 Å². The van der Waals surface area contributed by atoms with Gasteiger partial charge in [0.25, 0.3) is 0 Å². The predicted octanol–water partition coefficient (Wildman–Crippen LogP) is 2.25. The molecule has 0 aliphatic carbocycles. The molecule has 0 aromatic heterocycles. The van der Waals surface area contributed by atoms with E-state index in [4.69, 9.17) is 4.74 Å². The van der Waals surface area contributed by atoms with E-state index in [0.29, 0.717) is 17.4 Å². The molecule has 6 heteroatoms. The molecule has 1 aliphatic rings. The smallest absolute Gasteiger partial charge is 0.240 e. The number of benzene rings is 1. The van der Waals surface area contributed by atoms with Gasteiger partial charge in [0, 0.05) is 20.2 Å². The molecule has 1 aromatic rings. The summed E-state index contributed by atoms with van der Waals surface area (Å²) in [7, 11) is -1.72. The molecule has 0 spiro atoms. The number of likely N-dealkylation sites (tertiary alicyclic amines) is 1. The summed E-state index contributed by atoms with van der Waals surface area (Å²) >= 11 is 0. The summed E-state index contributed by atoms with van der Waals surface area (Å²) in [5.74, 6) is 0.408. The van der Waals surface area contributed by atoms with E-state index in [1.807, 2.05) is 26.8 Å². The molecular weight excluding hydrogens is 324 g/mol. The second-order valence-electron chi connectivity index (χ2n) is 6.83. The molecule has 5 nitrogen and oxygen atoms in total. The van der Waals surface area contributed by atoms with Crippen molar-refractivity contribution in [2.45, 2.75) is 38.5 Å². The number of rotatable bonds is 7.